The summed E-state index contributed by atoms with van der Waals surface area (Å²) >= 11 is 0. The van der Waals surface area contributed by atoms with Crippen LogP contribution >= 0.6 is 0 Å². The first-order valence-corrected chi connectivity index (χ1v) is 4.47. The maximum Gasteiger partial charge on any atom is 0.227 e. The number of hydrogen-bond donors (Lipinski definition) is 1. The molecule has 4 heteroatoms. The Balaban J connectivity index is 2.15. The standard InChI is InChI=1S/C10H13NO3/c1-8(12)7-10(13)11-5-4-9-3-2-6-14-9/h2-3,6H,4-5,7H2,1H3,(H,11,13). The smallest absolute Gasteiger partial charge is 0.227 e. The maximum atomic E-state index is 11.0. The minimum atomic E-state index is -0.232. The molecular formula is C10H13NO3. The monoisotopic (exact) mass is 195 g/mol. The van der Waals surface area contributed by atoms with Gasteiger partial charge in [-0.1, -0.05) is 0 Å². The van der Waals surface area contributed by atoms with Gasteiger partial charge in [0, 0.05) is 13.0 Å². The van der Waals surface area contributed by atoms with E-state index in [4.69, 9.17) is 4.42 Å². The molecule has 1 heterocycles. The van der Waals surface area contributed by atoms with Gasteiger partial charge in [-0.3, -0.25) is 9.59 Å². The van der Waals surface area contributed by atoms with Crippen LogP contribution in [0.5, 0.6) is 0 Å². The second-order valence-electron chi connectivity index (χ2n) is 3.06. The third-order valence-electron chi connectivity index (χ3n) is 1.68. The van der Waals surface area contributed by atoms with Crippen LogP contribution in [0.3, 0.4) is 0 Å². The van der Waals surface area contributed by atoms with Crippen molar-refractivity contribution in [3.8, 4) is 0 Å². The van der Waals surface area contributed by atoms with E-state index in [-0.39, 0.29) is 18.1 Å². The van der Waals surface area contributed by atoms with Crippen LogP contribution in [0.1, 0.15) is 19.1 Å². The molecule has 1 rings (SSSR count). The van der Waals surface area contributed by atoms with Gasteiger partial charge in [0.15, 0.2) is 0 Å². The van der Waals surface area contributed by atoms with Crippen LogP contribution in [0.4, 0.5) is 0 Å². The zero-order valence-electron chi connectivity index (χ0n) is 8.08. The molecule has 1 aromatic heterocycles. The largest absolute Gasteiger partial charge is 0.469 e. The predicted octanol–water partition coefficient (Wildman–Crippen LogP) is 0.917. The molecule has 1 N–H and O–H groups in total. The molecule has 0 unspecified atom stereocenters. The van der Waals surface area contributed by atoms with Crippen LogP contribution in [-0.2, 0) is 16.0 Å². The topological polar surface area (TPSA) is 59.3 Å². The summed E-state index contributed by atoms with van der Waals surface area (Å²) in [4.78, 5) is 21.6. The minimum Gasteiger partial charge on any atom is -0.469 e. The number of amides is 1. The lowest BCUT2D eigenvalue weighted by atomic mass is 10.3. The molecule has 0 aliphatic carbocycles. The summed E-state index contributed by atoms with van der Waals surface area (Å²) in [6, 6.07) is 3.64. The van der Waals surface area contributed by atoms with E-state index in [0.717, 1.165) is 5.76 Å². The number of furan rings is 1. The molecule has 0 saturated heterocycles. The average molecular weight is 195 g/mol. The number of carbonyl (C=O) groups excluding carboxylic acids is 2. The van der Waals surface area contributed by atoms with Gasteiger partial charge in [-0.05, 0) is 19.1 Å². The SMILES string of the molecule is CC(=O)CC(=O)NCCc1ccco1. The van der Waals surface area contributed by atoms with Crippen molar-refractivity contribution >= 4 is 11.7 Å². The highest BCUT2D eigenvalue weighted by atomic mass is 16.3. The van der Waals surface area contributed by atoms with Crippen molar-refractivity contribution in [2.45, 2.75) is 19.8 Å². The van der Waals surface area contributed by atoms with Crippen LogP contribution in [-0.4, -0.2) is 18.2 Å². The van der Waals surface area contributed by atoms with Gasteiger partial charge in [0.1, 0.15) is 11.5 Å². The number of carbonyl (C=O) groups is 2. The van der Waals surface area contributed by atoms with Gasteiger partial charge in [0.2, 0.25) is 5.91 Å². The van der Waals surface area contributed by atoms with Crippen molar-refractivity contribution < 1.29 is 14.0 Å². The maximum absolute atomic E-state index is 11.0. The van der Waals surface area contributed by atoms with Gasteiger partial charge in [-0.15, -0.1) is 0 Å². The van der Waals surface area contributed by atoms with Crippen LogP contribution in [0.2, 0.25) is 0 Å². The first-order valence-electron chi connectivity index (χ1n) is 4.47. The molecule has 0 aromatic carbocycles. The van der Waals surface area contributed by atoms with Crippen molar-refractivity contribution in [1.82, 2.24) is 5.32 Å². The highest BCUT2D eigenvalue weighted by molar-refractivity contribution is 5.96. The fourth-order valence-electron chi connectivity index (χ4n) is 1.07. The Kier molecular flexibility index (Phi) is 3.91. The molecule has 1 aromatic rings. The highest BCUT2D eigenvalue weighted by Gasteiger charge is 2.04. The molecule has 0 fully saturated rings. The molecule has 14 heavy (non-hydrogen) atoms. The third-order valence-corrected chi connectivity index (χ3v) is 1.68. The van der Waals surface area contributed by atoms with E-state index in [9.17, 15) is 9.59 Å². The van der Waals surface area contributed by atoms with E-state index in [1.54, 1.807) is 12.3 Å². The van der Waals surface area contributed by atoms with Crippen molar-refractivity contribution in [3.05, 3.63) is 24.2 Å². The van der Waals surface area contributed by atoms with Crippen LogP contribution in [0.15, 0.2) is 22.8 Å². The zero-order chi connectivity index (χ0) is 10.4. The summed E-state index contributed by atoms with van der Waals surface area (Å²) in [5, 5.41) is 2.63. The van der Waals surface area contributed by atoms with Gasteiger partial charge >= 0.3 is 0 Å². The first-order chi connectivity index (χ1) is 6.68. The first kappa shape index (κ1) is 10.5. The predicted molar refractivity (Wildman–Crippen MR) is 50.7 cm³/mol. The molecular weight excluding hydrogens is 182 g/mol. The van der Waals surface area contributed by atoms with E-state index in [1.165, 1.54) is 6.92 Å². The van der Waals surface area contributed by atoms with Gasteiger partial charge in [0.25, 0.3) is 0 Å². The molecule has 0 aliphatic rings. The molecule has 1 amide bonds. The van der Waals surface area contributed by atoms with E-state index >= 15 is 0 Å². The number of hydrogen-bond acceptors (Lipinski definition) is 3. The van der Waals surface area contributed by atoms with Crippen molar-refractivity contribution in [2.75, 3.05) is 6.54 Å². The molecule has 4 nitrogen and oxygen atoms in total. The van der Waals surface area contributed by atoms with Gasteiger partial charge in [-0.2, -0.15) is 0 Å². The Labute approximate surface area is 82.3 Å². The number of rotatable bonds is 5. The van der Waals surface area contributed by atoms with E-state index in [2.05, 4.69) is 5.32 Å². The Hall–Kier alpha value is -1.58. The fraction of sp³-hybridized carbons (Fsp3) is 0.400. The van der Waals surface area contributed by atoms with Crippen molar-refractivity contribution in [1.29, 1.82) is 0 Å². The van der Waals surface area contributed by atoms with Crippen molar-refractivity contribution in [3.63, 3.8) is 0 Å². The number of nitrogens with one attached hydrogen (secondary N) is 1. The van der Waals surface area contributed by atoms with Crippen LogP contribution in [0, 0.1) is 0 Å². The molecule has 0 aliphatic heterocycles. The fourth-order valence-corrected chi connectivity index (χ4v) is 1.07. The lowest BCUT2D eigenvalue weighted by Crippen LogP contribution is -2.26. The summed E-state index contributed by atoms with van der Waals surface area (Å²) in [6.07, 6.45) is 2.20. The Morgan fingerprint density at radius 3 is 2.86 bits per heavy atom. The second-order valence-corrected chi connectivity index (χ2v) is 3.06. The summed E-state index contributed by atoms with van der Waals surface area (Å²) in [7, 11) is 0. The van der Waals surface area contributed by atoms with Crippen molar-refractivity contribution in [2.24, 2.45) is 0 Å². The highest BCUT2D eigenvalue weighted by Crippen LogP contribution is 1.99. The number of ketones is 1. The van der Waals surface area contributed by atoms with E-state index < -0.39 is 0 Å². The van der Waals surface area contributed by atoms with Crippen LogP contribution in [0.25, 0.3) is 0 Å². The quantitative estimate of drug-likeness (QED) is 0.710. The molecule has 76 valence electrons. The molecule has 0 radical (unpaired) electrons. The van der Waals surface area contributed by atoms with Crippen LogP contribution < -0.4 is 5.32 Å². The summed E-state index contributed by atoms with van der Waals surface area (Å²) < 4.78 is 5.08. The van der Waals surface area contributed by atoms with E-state index in [1.807, 2.05) is 6.07 Å². The van der Waals surface area contributed by atoms with E-state index in [0.29, 0.717) is 13.0 Å². The summed E-state index contributed by atoms with van der Waals surface area (Å²) in [5.74, 6) is 0.470. The Morgan fingerprint density at radius 1 is 1.50 bits per heavy atom. The third kappa shape index (κ3) is 3.89. The second kappa shape index (κ2) is 5.21. The minimum absolute atomic E-state index is 0.0435. The molecule has 0 spiro atoms. The Morgan fingerprint density at radius 2 is 2.29 bits per heavy atom. The lowest BCUT2D eigenvalue weighted by Gasteiger charge is -2.01. The lowest BCUT2D eigenvalue weighted by molar-refractivity contribution is -0.127. The Bertz CT molecular complexity index is 303. The molecule has 0 atom stereocenters. The van der Waals surface area contributed by atoms with Gasteiger partial charge in [0.05, 0.1) is 12.7 Å². The zero-order valence-corrected chi connectivity index (χ0v) is 8.08. The summed E-state index contributed by atoms with van der Waals surface area (Å²) in [6.45, 7) is 1.89. The van der Waals surface area contributed by atoms with Gasteiger partial charge in [-0.25, -0.2) is 0 Å². The average Bonchev–Trinajstić information content (AvgIpc) is 2.55. The molecule has 0 saturated carbocycles. The normalized spacial score (nSPS) is 9.79. The number of Topliss-reactive ketones (excluding diaryl/α,β-unsaturated/α-hetero) is 1. The van der Waals surface area contributed by atoms with Gasteiger partial charge < -0.3 is 9.73 Å². The molecule has 0 bridgehead atoms. The summed E-state index contributed by atoms with van der Waals surface area (Å²) in [5.41, 5.74) is 0.